The second-order valence-corrected chi connectivity index (χ2v) is 5.65. The van der Waals surface area contributed by atoms with Crippen molar-refractivity contribution in [1.29, 1.82) is 0 Å². The van der Waals surface area contributed by atoms with Gasteiger partial charge in [0.15, 0.2) is 0 Å². The van der Waals surface area contributed by atoms with Crippen molar-refractivity contribution in [3.63, 3.8) is 0 Å². The Hall–Kier alpha value is -1.08. The lowest BCUT2D eigenvalue weighted by molar-refractivity contribution is 0.636. The highest BCUT2D eigenvalue weighted by Crippen LogP contribution is 2.25. The van der Waals surface area contributed by atoms with Crippen molar-refractivity contribution in [3.8, 4) is 0 Å². The Bertz CT molecular complexity index is 404. The fourth-order valence-corrected chi connectivity index (χ4v) is 2.34. The summed E-state index contributed by atoms with van der Waals surface area (Å²) >= 11 is 0. The second-order valence-electron chi connectivity index (χ2n) is 5.65. The minimum absolute atomic E-state index is 0.258. The van der Waals surface area contributed by atoms with E-state index in [1.807, 2.05) is 0 Å². The van der Waals surface area contributed by atoms with E-state index in [4.69, 9.17) is 5.73 Å². The molecular formula is C17H27N. The zero-order valence-electron chi connectivity index (χ0n) is 12.3. The van der Waals surface area contributed by atoms with Crippen molar-refractivity contribution in [1.82, 2.24) is 0 Å². The molecule has 1 nitrogen and oxygen atoms in total. The van der Waals surface area contributed by atoms with Crippen LogP contribution in [0.3, 0.4) is 0 Å². The third-order valence-corrected chi connectivity index (χ3v) is 3.41. The van der Waals surface area contributed by atoms with Crippen LogP contribution in [0.25, 0.3) is 0 Å². The smallest absolute Gasteiger partial charge is 0.00769 e. The van der Waals surface area contributed by atoms with Crippen molar-refractivity contribution in [3.05, 3.63) is 47.0 Å². The average molecular weight is 245 g/mol. The van der Waals surface area contributed by atoms with Crippen LogP contribution in [0, 0.1) is 0 Å². The minimum Gasteiger partial charge on any atom is -0.327 e. The van der Waals surface area contributed by atoms with Gasteiger partial charge in [-0.15, -0.1) is 0 Å². The summed E-state index contributed by atoms with van der Waals surface area (Å²) in [4.78, 5) is 0. The lowest BCUT2D eigenvalue weighted by atomic mass is 9.87. The molecule has 1 aromatic carbocycles. The normalized spacial score (nSPS) is 12.8. The molecule has 100 valence electrons. The second kappa shape index (κ2) is 6.75. The maximum absolute atomic E-state index is 6.15. The standard InChI is InChI=1S/C17H27N/c1-6-15(18)11-17-14(10-12(2)3)8-7-9-16(17)13(4)5/h7-9,13,15H,2,6,10-11,18H2,1,3-5H3/t15-/m0/s1. The first-order valence-corrected chi connectivity index (χ1v) is 6.96. The number of benzene rings is 1. The van der Waals surface area contributed by atoms with Gasteiger partial charge < -0.3 is 5.73 Å². The fraction of sp³-hybridized carbons (Fsp3) is 0.529. The van der Waals surface area contributed by atoms with Crippen LogP contribution in [0.1, 0.15) is 56.7 Å². The summed E-state index contributed by atoms with van der Waals surface area (Å²) in [5.41, 5.74) is 11.7. The van der Waals surface area contributed by atoms with Gasteiger partial charge in [0.25, 0.3) is 0 Å². The molecule has 0 heterocycles. The third kappa shape index (κ3) is 3.99. The minimum atomic E-state index is 0.258. The summed E-state index contributed by atoms with van der Waals surface area (Å²) in [5.74, 6) is 0.550. The van der Waals surface area contributed by atoms with Gasteiger partial charge in [-0.05, 0) is 48.8 Å². The van der Waals surface area contributed by atoms with Gasteiger partial charge in [-0.1, -0.05) is 51.1 Å². The van der Waals surface area contributed by atoms with Gasteiger partial charge in [0.05, 0.1) is 0 Å². The highest BCUT2D eigenvalue weighted by Gasteiger charge is 2.13. The predicted molar refractivity (Wildman–Crippen MR) is 81.0 cm³/mol. The molecule has 0 unspecified atom stereocenters. The Balaban J connectivity index is 3.16. The highest BCUT2D eigenvalue weighted by molar-refractivity contribution is 5.39. The first-order valence-electron chi connectivity index (χ1n) is 6.96. The number of nitrogens with two attached hydrogens (primary N) is 1. The zero-order chi connectivity index (χ0) is 13.7. The summed E-state index contributed by atoms with van der Waals surface area (Å²) in [5, 5.41) is 0. The molecule has 0 aliphatic rings. The summed E-state index contributed by atoms with van der Waals surface area (Å²) in [6, 6.07) is 6.88. The van der Waals surface area contributed by atoms with E-state index in [-0.39, 0.29) is 6.04 Å². The van der Waals surface area contributed by atoms with E-state index in [1.54, 1.807) is 0 Å². The van der Waals surface area contributed by atoms with Crippen LogP contribution in [0.15, 0.2) is 30.4 Å². The molecule has 0 amide bonds. The van der Waals surface area contributed by atoms with E-state index < -0.39 is 0 Å². The zero-order valence-corrected chi connectivity index (χ0v) is 12.3. The lowest BCUT2D eigenvalue weighted by Crippen LogP contribution is -2.23. The Kier molecular flexibility index (Phi) is 5.61. The van der Waals surface area contributed by atoms with Crippen LogP contribution in [0.4, 0.5) is 0 Å². The topological polar surface area (TPSA) is 26.0 Å². The molecule has 0 fully saturated rings. The molecule has 1 aromatic rings. The number of rotatable bonds is 6. The molecule has 0 saturated carbocycles. The van der Waals surface area contributed by atoms with Gasteiger partial charge in [-0.25, -0.2) is 0 Å². The van der Waals surface area contributed by atoms with Crippen LogP contribution in [0.2, 0.25) is 0 Å². The summed E-state index contributed by atoms with van der Waals surface area (Å²) in [7, 11) is 0. The predicted octanol–water partition coefficient (Wildman–Crippen LogP) is 4.21. The highest BCUT2D eigenvalue weighted by atomic mass is 14.6. The number of allylic oxidation sites excluding steroid dienone is 1. The first-order chi connectivity index (χ1) is 8.45. The average Bonchev–Trinajstić information content (AvgIpc) is 2.30. The number of hydrogen-bond acceptors (Lipinski definition) is 1. The monoisotopic (exact) mass is 245 g/mol. The van der Waals surface area contributed by atoms with Crippen molar-refractivity contribution < 1.29 is 0 Å². The van der Waals surface area contributed by atoms with E-state index >= 15 is 0 Å². The fourth-order valence-electron chi connectivity index (χ4n) is 2.34. The van der Waals surface area contributed by atoms with Crippen LogP contribution < -0.4 is 5.73 Å². The molecule has 0 aromatic heterocycles. The molecule has 2 N–H and O–H groups in total. The Morgan fingerprint density at radius 2 is 2.00 bits per heavy atom. The molecule has 1 atom stereocenters. The third-order valence-electron chi connectivity index (χ3n) is 3.41. The quantitative estimate of drug-likeness (QED) is 0.747. The van der Waals surface area contributed by atoms with E-state index in [1.165, 1.54) is 22.3 Å². The largest absolute Gasteiger partial charge is 0.327 e. The molecule has 0 aliphatic heterocycles. The lowest BCUT2D eigenvalue weighted by Gasteiger charge is -2.20. The molecule has 18 heavy (non-hydrogen) atoms. The maximum atomic E-state index is 6.15. The molecule has 1 heteroatoms. The number of hydrogen-bond donors (Lipinski definition) is 1. The molecule has 0 radical (unpaired) electrons. The van der Waals surface area contributed by atoms with E-state index in [9.17, 15) is 0 Å². The van der Waals surface area contributed by atoms with Gasteiger partial charge in [-0.3, -0.25) is 0 Å². The Morgan fingerprint density at radius 3 is 2.50 bits per heavy atom. The summed E-state index contributed by atoms with van der Waals surface area (Å²) in [6.45, 7) is 12.8. The van der Waals surface area contributed by atoms with E-state index in [0.29, 0.717) is 5.92 Å². The van der Waals surface area contributed by atoms with Crippen LogP contribution >= 0.6 is 0 Å². The molecule has 0 aliphatic carbocycles. The molecule has 0 bridgehead atoms. The summed E-state index contributed by atoms with van der Waals surface area (Å²) < 4.78 is 0. The Morgan fingerprint density at radius 1 is 1.33 bits per heavy atom. The molecule has 1 rings (SSSR count). The van der Waals surface area contributed by atoms with Crippen LogP contribution in [-0.4, -0.2) is 6.04 Å². The van der Waals surface area contributed by atoms with Gasteiger partial charge in [0.1, 0.15) is 0 Å². The Labute approximate surface area is 112 Å². The van der Waals surface area contributed by atoms with Gasteiger partial charge >= 0.3 is 0 Å². The van der Waals surface area contributed by atoms with E-state index in [2.05, 4.69) is 52.5 Å². The SMILES string of the molecule is C=C(C)Cc1cccc(C(C)C)c1C[C@@H](N)CC. The molecule has 0 spiro atoms. The van der Waals surface area contributed by atoms with Gasteiger partial charge in [0.2, 0.25) is 0 Å². The van der Waals surface area contributed by atoms with Crippen molar-refractivity contribution in [2.24, 2.45) is 5.73 Å². The van der Waals surface area contributed by atoms with Crippen LogP contribution in [0.5, 0.6) is 0 Å². The molecular weight excluding hydrogens is 218 g/mol. The maximum Gasteiger partial charge on any atom is 0.00769 e. The molecule has 0 saturated heterocycles. The first kappa shape index (κ1) is 15.0. The van der Waals surface area contributed by atoms with E-state index in [0.717, 1.165) is 19.3 Å². The van der Waals surface area contributed by atoms with Crippen LogP contribution in [-0.2, 0) is 12.8 Å². The van der Waals surface area contributed by atoms with Gasteiger partial charge in [-0.2, -0.15) is 0 Å². The summed E-state index contributed by atoms with van der Waals surface area (Å²) in [6.07, 6.45) is 2.97. The van der Waals surface area contributed by atoms with Crippen molar-refractivity contribution in [2.45, 2.75) is 58.9 Å². The van der Waals surface area contributed by atoms with Gasteiger partial charge in [0, 0.05) is 6.04 Å². The van der Waals surface area contributed by atoms with Crippen molar-refractivity contribution in [2.75, 3.05) is 0 Å². The van der Waals surface area contributed by atoms with Crippen molar-refractivity contribution >= 4 is 0 Å².